The van der Waals surface area contributed by atoms with Crippen molar-refractivity contribution in [1.29, 1.82) is 0 Å². The molecule has 4 N–H and O–H groups in total. The molecule has 2 aromatic heterocycles. The van der Waals surface area contributed by atoms with Gasteiger partial charge in [-0.2, -0.15) is 0 Å². The van der Waals surface area contributed by atoms with Crippen LogP contribution < -0.4 is 20.9 Å². The Labute approximate surface area is 195 Å². The molecule has 0 spiro atoms. The van der Waals surface area contributed by atoms with Crippen molar-refractivity contribution in [2.24, 2.45) is 0 Å². The summed E-state index contributed by atoms with van der Waals surface area (Å²) in [5.41, 5.74) is 15.3. The molecule has 0 bridgehead atoms. The molecule has 4 aromatic rings. The molecule has 6 nitrogen and oxygen atoms in total. The van der Waals surface area contributed by atoms with E-state index < -0.39 is 0 Å². The third-order valence-corrected chi connectivity index (χ3v) is 6.27. The molecule has 166 valence electrons. The van der Waals surface area contributed by atoms with Crippen LogP contribution >= 0.6 is 22.7 Å². The molecule has 32 heavy (non-hydrogen) atoms. The SMILES string of the molecule is Nc1nc(-c2ccc(OCCCCCCOc3ccc(-c4csc(N)n4)cc3)cc2)cs1. The van der Waals surface area contributed by atoms with Gasteiger partial charge in [0.05, 0.1) is 24.6 Å². The Balaban J connectivity index is 1.08. The van der Waals surface area contributed by atoms with E-state index in [2.05, 4.69) is 9.97 Å². The Kier molecular flexibility index (Phi) is 7.58. The van der Waals surface area contributed by atoms with E-state index in [0.717, 1.165) is 59.7 Å². The van der Waals surface area contributed by atoms with E-state index in [9.17, 15) is 0 Å². The molecule has 0 aliphatic rings. The fourth-order valence-corrected chi connectivity index (χ4v) is 4.37. The maximum atomic E-state index is 5.84. The van der Waals surface area contributed by atoms with Crippen LogP contribution in [0.2, 0.25) is 0 Å². The molecule has 0 atom stereocenters. The summed E-state index contributed by atoms with van der Waals surface area (Å²) in [6.07, 6.45) is 4.28. The monoisotopic (exact) mass is 466 g/mol. The van der Waals surface area contributed by atoms with Crippen LogP contribution in [0.4, 0.5) is 10.3 Å². The molecule has 0 radical (unpaired) electrons. The Morgan fingerprint density at radius 1 is 0.594 bits per heavy atom. The second kappa shape index (κ2) is 11.0. The predicted molar refractivity (Wildman–Crippen MR) is 133 cm³/mol. The van der Waals surface area contributed by atoms with Crippen molar-refractivity contribution < 1.29 is 9.47 Å². The fraction of sp³-hybridized carbons (Fsp3) is 0.250. The van der Waals surface area contributed by atoms with Gasteiger partial charge in [0.15, 0.2) is 10.3 Å². The number of nitrogens with two attached hydrogens (primary N) is 2. The lowest BCUT2D eigenvalue weighted by Gasteiger charge is -2.08. The van der Waals surface area contributed by atoms with Crippen molar-refractivity contribution >= 4 is 32.9 Å². The number of hydrogen-bond donors (Lipinski definition) is 2. The minimum atomic E-state index is 0.585. The third-order valence-electron chi connectivity index (χ3n) is 4.92. The van der Waals surface area contributed by atoms with Crippen molar-refractivity contribution in [3.63, 3.8) is 0 Å². The van der Waals surface area contributed by atoms with Crippen molar-refractivity contribution in [1.82, 2.24) is 9.97 Å². The summed E-state index contributed by atoms with van der Waals surface area (Å²) in [5, 5.41) is 5.09. The molecule has 4 rings (SSSR count). The average molecular weight is 467 g/mol. The average Bonchev–Trinajstić information content (AvgIpc) is 3.45. The number of ether oxygens (including phenoxy) is 2. The van der Waals surface area contributed by atoms with Gasteiger partial charge in [0.25, 0.3) is 0 Å². The van der Waals surface area contributed by atoms with Gasteiger partial charge in [-0.1, -0.05) is 0 Å². The summed E-state index contributed by atoms with van der Waals surface area (Å²) in [5.74, 6) is 1.76. The van der Waals surface area contributed by atoms with Crippen LogP contribution in [-0.4, -0.2) is 23.2 Å². The topological polar surface area (TPSA) is 96.3 Å². The van der Waals surface area contributed by atoms with Crippen LogP contribution in [0.1, 0.15) is 25.7 Å². The molecule has 0 saturated heterocycles. The summed E-state index contributed by atoms with van der Waals surface area (Å²) in [4.78, 5) is 8.59. The largest absolute Gasteiger partial charge is 0.494 e. The number of hydrogen-bond acceptors (Lipinski definition) is 8. The molecule has 0 saturated carbocycles. The Bertz CT molecular complexity index is 1020. The van der Waals surface area contributed by atoms with Gasteiger partial charge in [-0.05, 0) is 74.2 Å². The number of nitrogens with zero attached hydrogens (tertiary/aromatic N) is 2. The van der Waals surface area contributed by atoms with Crippen LogP contribution in [0.15, 0.2) is 59.3 Å². The second-order valence-corrected chi connectivity index (χ2v) is 9.08. The molecule has 2 aromatic carbocycles. The summed E-state index contributed by atoms with van der Waals surface area (Å²) in [7, 11) is 0. The van der Waals surface area contributed by atoms with E-state index in [1.165, 1.54) is 22.7 Å². The predicted octanol–water partition coefficient (Wildman–Crippen LogP) is 6.12. The number of nitrogen functional groups attached to an aromatic ring is 2. The lowest BCUT2D eigenvalue weighted by atomic mass is 10.1. The van der Waals surface area contributed by atoms with E-state index in [0.29, 0.717) is 23.5 Å². The number of benzene rings is 2. The van der Waals surface area contributed by atoms with Crippen molar-refractivity contribution in [3.05, 3.63) is 59.3 Å². The quantitative estimate of drug-likeness (QED) is 0.259. The highest BCUT2D eigenvalue weighted by Crippen LogP contribution is 2.26. The molecule has 0 fully saturated rings. The minimum absolute atomic E-state index is 0.585. The van der Waals surface area contributed by atoms with Crippen molar-refractivity contribution in [2.75, 3.05) is 24.7 Å². The van der Waals surface area contributed by atoms with Gasteiger partial charge in [0, 0.05) is 21.9 Å². The number of anilines is 2. The van der Waals surface area contributed by atoms with E-state index in [1.807, 2.05) is 59.3 Å². The van der Waals surface area contributed by atoms with Gasteiger partial charge in [0.1, 0.15) is 11.5 Å². The Morgan fingerprint density at radius 2 is 1.00 bits per heavy atom. The van der Waals surface area contributed by atoms with E-state index in [1.54, 1.807) is 0 Å². The first-order chi connectivity index (χ1) is 15.7. The zero-order valence-electron chi connectivity index (χ0n) is 17.7. The zero-order chi connectivity index (χ0) is 22.2. The molecular formula is C24H26N4O2S2. The summed E-state index contributed by atoms with van der Waals surface area (Å²) < 4.78 is 11.7. The van der Waals surface area contributed by atoms with Crippen molar-refractivity contribution in [3.8, 4) is 34.0 Å². The van der Waals surface area contributed by atoms with E-state index >= 15 is 0 Å². The Hall–Kier alpha value is -3.10. The highest BCUT2D eigenvalue weighted by molar-refractivity contribution is 7.14. The van der Waals surface area contributed by atoms with Crippen LogP contribution in [0.25, 0.3) is 22.5 Å². The molecule has 0 amide bonds. The molecular weight excluding hydrogens is 440 g/mol. The van der Waals surface area contributed by atoms with Crippen LogP contribution in [0.3, 0.4) is 0 Å². The number of rotatable bonds is 11. The lowest BCUT2D eigenvalue weighted by Crippen LogP contribution is -2.00. The number of aromatic nitrogens is 2. The summed E-state index contributed by atoms with van der Waals surface area (Å²) >= 11 is 2.90. The first kappa shape index (κ1) is 22.1. The second-order valence-electron chi connectivity index (χ2n) is 7.30. The van der Waals surface area contributed by atoms with Crippen LogP contribution in [0, 0.1) is 0 Å². The minimum Gasteiger partial charge on any atom is -0.494 e. The summed E-state index contributed by atoms with van der Waals surface area (Å²) in [6.45, 7) is 1.43. The van der Waals surface area contributed by atoms with E-state index in [4.69, 9.17) is 20.9 Å². The van der Waals surface area contributed by atoms with Crippen molar-refractivity contribution in [2.45, 2.75) is 25.7 Å². The summed E-state index contributed by atoms with van der Waals surface area (Å²) in [6, 6.07) is 16.0. The number of thiazole rings is 2. The van der Waals surface area contributed by atoms with Crippen LogP contribution in [-0.2, 0) is 0 Å². The lowest BCUT2D eigenvalue weighted by molar-refractivity contribution is 0.287. The highest BCUT2D eigenvalue weighted by Gasteiger charge is 2.04. The number of unbranched alkanes of at least 4 members (excludes halogenated alkanes) is 3. The Morgan fingerprint density at radius 3 is 1.34 bits per heavy atom. The third kappa shape index (κ3) is 6.21. The molecule has 0 unspecified atom stereocenters. The van der Waals surface area contributed by atoms with Gasteiger partial charge in [-0.15, -0.1) is 22.7 Å². The maximum absolute atomic E-state index is 5.84. The maximum Gasteiger partial charge on any atom is 0.180 e. The first-order valence-electron chi connectivity index (χ1n) is 10.6. The fourth-order valence-electron chi connectivity index (χ4n) is 3.22. The molecule has 2 heterocycles. The molecule has 8 heteroatoms. The van der Waals surface area contributed by atoms with Gasteiger partial charge in [-0.3, -0.25) is 0 Å². The van der Waals surface area contributed by atoms with Crippen LogP contribution in [0.5, 0.6) is 11.5 Å². The normalized spacial score (nSPS) is 10.9. The van der Waals surface area contributed by atoms with Gasteiger partial charge in [0.2, 0.25) is 0 Å². The van der Waals surface area contributed by atoms with Gasteiger partial charge in [-0.25, -0.2) is 9.97 Å². The van der Waals surface area contributed by atoms with E-state index in [-0.39, 0.29) is 0 Å². The smallest absolute Gasteiger partial charge is 0.180 e. The standard InChI is InChI=1S/C24H26N4O2S2/c25-23-27-21(15-31-23)17-5-9-19(10-6-17)29-13-3-1-2-4-14-30-20-11-7-18(8-12-20)22-16-32-24(26)28-22/h5-12,15-16H,1-4,13-14H2,(H2,25,27)(H2,26,28). The van der Waals surface area contributed by atoms with Gasteiger partial charge < -0.3 is 20.9 Å². The zero-order valence-corrected chi connectivity index (χ0v) is 19.3. The molecule has 0 aliphatic heterocycles. The first-order valence-corrected chi connectivity index (χ1v) is 12.3. The highest BCUT2D eigenvalue weighted by atomic mass is 32.1. The molecule has 0 aliphatic carbocycles. The van der Waals surface area contributed by atoms with Gasteiger partial charge >= 0.3 is 0 Å².